The van der Waals surface area contributed by atoms with Gasteiger partial charge in [-0.1, -0.05) is 27.7 Å². The molecule has 2 atom stereocenters. The van der Waals surface area contributed by atoms with E-state index >= 15 is 0 Å². The Balaban J connectivity index is 1.84. The summed E-state index contributed by atoms with van der Waals surface area (Å²) >= 11 is 0. The molecular formula is C18H29N3. The predicted molar refractivity (Wildman–Crippen MR) is 88.8 cm³/mol. The summed E-state index contributed by atoms with van der Waals surface area (Å²) in [6, 6.07) is 5.85. The van der Waals surface area contributed by atoms with E-state index in [0.717, 1.165) is 18.5 Å². The second-order valence-corrected chi connectivity index (χ2v) is 7.43. The molecule has 1 aromatic rings. The zero-order chi connectivity index (χ0) is 15.0. The van der Waals surface area contributed by atoms with Gasteiger partial charge in [0.05, 0.1) is 0 Å². The molecule has 1 aliphatic heterocycles. The summed E-state index contributed by atoms with van der Waals surface area (Å²) in [5, 5.41) is 3.53. The Morgan fingerprint density at radius 3 is 2.62 bits per heavy atom. The number of hydrogen-bond acceptors (Lipinski definition) is 3. The Kier molecular flexibility index (Phi) is 4.21. The lowest BCUT2D eigenvalue weighted by Gasteiger charge is -2.29. The van der Waals surface area contributed by atoms with Crippen LogP contribution in [0.25, 0.3) is 0 Å². The first-order valence-corrected chi connectivity index (χ1v) is 8.54. The summed E-state index contributed by atoms with van der Waals surface area (Å²) in [5.41, 5.74) is 2.61. The molecule has 3 nitrogen and oxygen atoms in total. The van der Waals surface area contributed by atoms with E-state index in [1.807, 2.05) is 0 Å². The van der Waals surface area contributed by atoms with E-state index in [9.17, 15) is 0 Å². The van der Waals surface area contributed by atoms with Crippen molar-refractivity contribution in [2.45, 2.75) is 71.5 Å². The highest BCUT2D eigenvalue weighted by atomic mass is 15.2. The molecule has 3 rings (SSSR count). The van der Waals surface area contributed by atoms with Gasteiger partial charge in [0, 0.05) is 30.9 Å². The minimum Gasteiger partial charge on any atom is -0.353 e. The quantitative estimate of drug-likeness (QED) is 0.895. The Morgan fingerprint density at radius 1 is 1.24 bits per heavy atom. The smallest absolute Gasteiger partial charge is 0.129 e. The fraction of sp³-hybridized carbons (Fsp3) is 0.722. The number of hydrogen-bond donors (Lipinski definition) is 1. The Labute approximate surface area is 129 Å². The zero-order valence-electron chi connectivity index (χ0n) is 13.9. The largest absolute Gasteiger partial charge is 0.353 e. The lowest BCUT2D eigenvalue weighted by atomic mass is 10.1. The van der Waals surface area contributed by atoms with Crippen LogP contribution < -0.4 is 10.2 Å². The van der Waals surface area contributed by atoms with Crippen molar-refractivity contribution in [2.75, 3.05) is 11.4 Å². The van der Waals surface area contributed by atoms with E-state index < -0.39 is 0 Å². The van der Waals surface area contributed by atoms with Crippen molar-refractivity contribution in [1.82, 2.24) is 10.3 Å². The Morgan fingerprint density at radius 2 is 2.05 bits per heavy atom. The standard InChI is InChI=1S/C18H29N3/c1-12(2)17-8-15(10-19-13(3)4)9-18(20-17)21-11-14-5-6-16(21)7-14/h8-9,12-14,16,19H,5-7,10-11H2,1-4H3. The number of anilines is 1. The number of pyridine rings is 1. The highest BCUT2D eigenvalue weighted by molar-refractivity contribution is 5.46. The molecule has 2 fully saturated rings. The maximum atomic E-state index is 4.96. The topological polar surface area (TPSA) is 28.2 Å². The van der Waals surface area contributed by atoms with Crippen LogP contribution in [0.15, 0.2) is 12.1 Å². The predicted octanol–water partition coefficient (Wildman–Crippen LogP) is 3.69. The van der Waals surface area contributed by atoms with Crippen molar-refractivity contribution in [3.05, 3.63) is 23.4 Å². The van der Waals surface area contributed by atoms with Crippen LogP contribution in [0.4, 0.5) is 5.82 Å². The van der Waals surface area contributed by atoms with E-state index in [-0.39, 0.29) is 0 Å². The lowest BCUT2D eigenvalue weighted by molar-refractivity contribution is 0.548. The van der Waals surface area contributed by atoms with E-state index in [2.05, 4.69) is 50.0 Å². The molecular weight excluding hydrogens is 258 g/mol. The highest BCUT2D eigenvalue weighted by Gasteiger charge is 2.38. The van der Waals surface area contributed by atoms with Crippen LogP contribution >= 0.6 is 0 Å². The van der Waals surface area contributed by atoms with Crippen LogP contribution in [0.3, 0.4) is 0 Å². The third kappa shape index (κ3) is 3.23. The number of nitrogens with zero attached hydrogens (tertiary/aromatic N) is 2. The molecule has 0 amide bonds. The van der Waals surface area contributed by atoms with Crippen molar-refractivity contribution < 1.29 is 0 Å². The van der Waals surface area contributed by atoms with Gasteiger partial charge in [-0.3, -0.25) is 0 Å². The number of piperidine rings is 1. The summed E-state index contributed by atoms with van der Waals surface area (Å²) in [6.45, 7) is 11.0. The van der Waals surface area contributed by atoms with E-state index in [1.165, 1.54) is 42.9 Å². The van der Waals surface area contributed by atoms with Gasteiger partial charge in [0.1, 0.15) is 5.82 Å². The molecule has 1 aromatic heterocycles. The zero-order valence-corrected chi connectivity index (χ0v) is 13.9. The van der Waals surface area contributed by atoms with Crippen LogP contribution in [0.1, 0.15) is 64.1 Å². The van der Waals surface area contributed by atoms with Crippen LogP contribution in [0.5, 0.6) is 0 Å². The average molecular weight is 287 g/mol. The fourth-order valence-electron chi connectivity index (χ4n) is 3.67. The van der Waals surface area contributed by atoms with Crippen LogP contribution in [0.2, 0.25) is 0 Å². The molecule has 1 N–H and O–H groups in total. The van der Waals surface area contributed by atoms with Gasteiger partial charge < -0.3 is 10.2 Å². The van der Waals surface area contributed by atoms with Gasteiger partial charge in [0.15, 0.2) is 0 Å². The summed E-state index contributed by atoms with van der Waals surface area (Å²) in [5.74, 6) is 2.62. The second-order valence-electron chi connectivity index (χ2n) is 7.43. The van der Waals surface area contributed by atoms with Crippen molar-refractivity contribution in [3.63, 3.8) is 0 Å². The summed E-state index contributed by atoms with van der Waals surface area (Å²) in [4.78, 5) is 7.53. The van der Waals surface area contributed by atoms with E-state index in [4.69, 9.17) is 4.98 Å². The molecule has 2 unspecified atom stereocenters. The molecule has 1 saturated carbocycles. The molecule has 0 spiro atoms. The molecule has 2 aliphatic rings. The third-order valence-corrected chi connectivity index (χ3v) is 4.90. The normalized spacial score (nSPS) is 24.6. The Bertz CT molecular complexity index is 495. The molecule has 21 heavy (non-hydrogen) atoms. The van der Waals surface area contributed by atoms with Gasteiger partial charge in [-0.2, -0.15) is 0 Å². The number of nitrogens with one attached hydrogen (secondary N) is 1. The first-order valence-electron chi connectivity index (χ1n) is 8.54. The van der Waals surface area contributed by atoms with Gasteiger partial charge in [-0.25, -0.2) is 4.98 Å². The molecule has 2 bridgehead atoms. The first-order chi connectivity index (χ1) is 10.0. The van der Waals surface area contributed by atoms with Gasteiger partial charge in [0.2, 0.25) is 0 Å². The number of fused-ring (bicyclic) bond motifs is 2. The maximum Gasteiger partial charge on any atom is 0.129 e. The Hall–Kier alpha value is -1.09. The monoisotopic (exact) mass is 287 g/mol. The van der Waals surface area contributed by atoms with Gasteiger partial charge in [-0.15, -0.1) is 0 Å². The number of aromatic nitrogens is 1. The summed E-state index contributed by atoms with van der Waals surface area (Å²) in [7, 11) is 0. The summed E-state index contributed by atoms with van der Waals surface area (Å²) in [6.07, 6.45) is 4.16. The fourth-order valence-corrected chi connectivity index (χ4v) is 3.67. The maximum absolute atomic E-state index is 4.96. The minimum absolute atomic E-state index is 0.488. The summed E-state index contributed by atoms with van der Waals surface area (Å²) < 4.78 is 0. The lowest BCUT2D eigenvalue weighted by Crippen LogP contribution is -2.33. The molecule has 1 saturated heterocycles. The number of rotatable bonds is 5. The van der Waals surface area contributed by atoms with Gasteiger partial charge >= 0.3 is 0 Å². The highest BCUT2D eigenvalue weighted by Crippen LogP contribution is 2.40. The first kappa shape index (κ1) is 14.8. The molecule has 0 radical (unpaired) electrons. The minimum atomic E-state index is 0.488. The van der Waals surface area contributed by atoms with Crippen LogP contribution in [-0.2, 0) is 6.54 Å². The van der Waals surface area contributed by atoms with Crippen molar-refractivity contribution >= 4 is 5.82 Å². The molecule has 3 heteroatoms. The van der Waals surface area contributed by atoms with Gasteiger partial charge in [-0.05, 0) is 48.8 Å². The van der Waals surface area contributed by atoms with Gasteiger partial charge in [0.25, 0.3) is 0 Å². The van der Waals surface area contributed by atoms with Crippen LogP contribution in [0, 0.1) is 5.92 Å². The third-order valence-electron chi connectivity index (χ3n) is 4.90. The molecule has 1 aliphatic carbocycles. The van der Waals surface area contributed by atoms with E-state index in [0.29, 0.717) is 12.0 Å². The SMILES string of the molecule is CC(C)NCc1cc(C(C)C)nc(N2CC3CCC2C3)c1. The van der Waals surface area contributed by atoms with Crippen molar-refractivity contribution in [1.29, 1.82) is 0 Å². The molecule has 116 valence electrons. The van der Waals surface area contributed by atoms with Crippen molar-refractivity contribution in [2.24, 2.45) is 5.92 Å². The average Bonchev–Trinajstić information content (AvgIpc) is 3.07. The molecule has 2 heterocycles. The van der Waals surface area contributed by atoms with E-state index in [1.54, 1.807) is 0 Å². The van der Waals surface area contributed by atoms with Crippen molar-refractivity contribution in [3.8, 4) is 0 Å². The van der Waals surface area contributed by atoms with Crippen LogP contribution in [-0.4, -0.2) is 23.6 Å². The second kappa shape index (κ2) is 5.96. The molecule has 0 aromatic carbocycles.